The van der Waals surface area contributed by atoms with E-state index in [1.165, 1.54) is 12.1 Å². The Bertz CT molecular complexity index is 553. The Morgan fingerprint density at radius 1 is 1.50 bits per heavy atom. The lowest BCUT2D eigenvalue weighted by atomic mass is 10.1. The molecule has 1 saturated heterocycles. The summed E-state index contributed by atoms with van der Waals surface area (Å²) in [5, 5.41) is -0.520. The van der Waals surface area contributed by atoms with Crippen molar-refractivity contribution in [2.75, 3.05) is 13.2 Å². The standard InChI is InChI=1S/C13H17BrFNO3S/c1-2-13(9-5-10(14)7-11(15)6-9)16-20(17,18)12-3-4-19-8-12/h5-7,12-13,16H,2-4,8H2,1H3. The molecule has 0 bridgehead atoms. The highest BCUT2D eigenvalue weighted by Crippen LogP contribution is 2.24. The van der Waals surface area contributed by atoms with Gasteiger partial charge in [0.1, 0.15) is 11.1 Å². The number of ether oxygens (including phenoxy) is 1. The lowest BCUT2D eigenvalue weighted by Crippen LogP contribution is -2.37. The molecule has 0 spiro atoms. The second-order valence-corrected chi connectivity index (χ2v) is 7.72. The van der Waals surface area contributed by atoms with Crippen LogP contribution in [-0.2, 0) is 14.8 Å². The highest BCUT2D eigenvalue weighted by Gasteiger charge is 2.31. The number of halogens is 2. The summed E-state index contributed by atoms with van der Waals surface area (Å²) in [6, 6.07) is 3.99. The van der Waals surface area contributed by atoms with Gasteiger partial charge in [-0.1, -0.05) is 22.9 Å². The first-order chi connectivity index (χ1) is 9.42. The largest absolute Gasteiger partial charge is 0.380 e. The van der Waals surface area contributed by atoms with E-state index in [2.05, 4.69) is 20.7 Å². The predicted octanol–water partition coefficient (Wildman–Crippen LogP) is 2.75. The molecule has 1 aliphatic rings. The van der Waals surface area contributed by atoms with Crippen molar-refractivity contribution in [3.63, 3.8) is 0 Å². The number of sulfonamides is 1. The molecule has 1 N–H and O–H groups in total. The molecular formula is C13H17BrFNO3S. The molecule has 1 aromatic carbocycles. The fourth-order valence-corrected chi connectivity index (χ4v) is 4.27. The third kappa shape index (κ3) is 3.78. The van der Waals surface area contributed by atoms with Gasteiger partial charge in [-0.15, -0.1) is 0 Å². The minimum absolute atomic E-state index is 0.221. The van der Waals surface area contributed by atoms with Crippen molar-refractivity contribution < 1.29 is 17.5 Å². The maximum absolute atomic E-state index is 13.4. The van der Waals surface area contributed by atoms with E-state index in [4.69, 9.17) is 4.74 Å². The van der Waals surface area contributed by atoms with Gasteiger partial charge in [0, 0.05) is 17.1 Å². The lowest BCUT2D eigenvalue weighted by Gasteiger charge is -2.20. The van der Waals surface area contributed by atoms with Crippen LogP contribution in [0.2, 0.25) is 0 Å². The summed E-state index contributed by atoms with van der Waals surface area (Å²) in [5.74, 6) is -0.392. The van der Waals surface area contributed by atoms with Gasteiger partial charge in [0.05, 0.1) is 6.61 Å². The minimum atomic E-state index is -3.46. The molecule has 0 aromatic heterocycles. The number of nitrogens with one attached hydrogen (secondary N) is 1. The maximum Gasteiger partial charge on any atom is 0.217 e. The topological polar surface area (TPSA) is 55.4 Å². The zero-order valence-electron chi connectivity index (χ0n) is 11.1. The third-order valence-electron chi connectivity index (χ3n) is 3.33. The average Bonchev–Trinajstić information content (AvgIpc) is 2.89. The Balaban J connectivity index is 2.20. The molecule has 7 heteroatoms. The molecule has 0 amide bonds. The summed E-state index contributed by atoms with van der Waals surface area (Å²) < 4.78 is 46.3. The molecule has 20 heavy (non-hydrogen) atoms. The van der Waals surface area contributed by atoms with Gasteiger partial charge in [-0.25, -0.2) is 17.5 Å². The van der Waals surface area contributed by atoms with Crippen LogP contribution in [0.25, 0.3) is 0 Å². The number of benzene rings is 1. The predicted molar refractivity (Wildman–Crippen MR) is 78.4 cm³/mol. The monoisotopic (exact) mass is 365 g/mol. The van der Waals surface area contributed by atoms with Crippen molar-refractivity contribution in [3.05, 3.63) is 34.1 Å². The lowest BCUT2D eigenvalue weighted by molar-refractivity contribution is 0.198. The van der Waals surface area contributed by atoms with Gasteiger partial charge in [-0.3, -0.25) is 0 Å². The molecule has 1 aliphatic heterocycles. The Morgan fingerprint density at radius 3 is 2.80 bits per heavy atom. The average molecular weight is 366 g/mol. The van der Waals surface area contributed by atoms with Crippen LogP contribution in [0.3, 0.4) is 0 Å². The minimum Gasteiger partial charge on any atom is -0.380 e. The van der Waals surface area contributed by atoms with E-state index in [9.17, 15) is 12.8 Å². The molecule has 1 aromatic rings. The highest BCUT2D eigenvalue weighted by molar-refractivity contribution is 9.10. The van der Waals surface area contributed by atoms with Crippen molar-refractivity contribution >= 4 is 26.0 Å². The fraction of sp³-hybridized carbons (Fsp3) is 0.538. The SMILES string of the molecule is CCC(NS(=O)(=O)C1CCOC1)c1cc(F)cc(Br)c1. The van der Waals surface area contributed by atoms with E-state index in [1.807, 2.05) is 6.92 Å². The molecule has 112 valence electrons. The zero-order valence-corrected chi connectivity index (χ0v) is 13.5. The summed E-state index contributed by atoms with van der Waals surface area (Å²) in [4.78, 5) is 0. The van der Waals surface area contributed by atoms with Crippen molar-refractivity contribution in [1.82, 2.24) is 4.72 Å². The van der Waals surface area contributed by atoms with Crippen LogP contribution < -0.4 is 4.72 Å². The van der Waals surface area contributed by atoms with E-state index >= 15 is 0 Å². The molecule has 4 nitrogen and oxygen atoms in total. The Morgan fingerprint density at radius 2 is 2.25 bits per heavy atom. The number of rotatable bonds is 5. The normalized spacial score (nSPS) is 21.1. The molecular weight excluding hydrogens is 349 g/mol. The van der Waals surface area contributed by atoms with E-state index in [0.29, 0.717) is 29.5 Å². The highest BCUT2D eigenvalue weighted by atomic mass is 79.9. The van der Waals surface area contributed by atoms with Crippen LogP contribution in [0, 0.1) is 5.82 Å². The second kappa shape index (κ2) is 6.51. The van der Waals surface area contributed by atoms with Crippen molar-refractivity contribution in [2.24, 2.45) is 0 Å². The molecule has 0 saturated carbocycles. The molecule has 0 aliphatic carbocycles. The van der Waals surface area contributed by atoms with Crippen molar-refractivity contribution in [3.8, 4) is 0 Å². The first-order valence-electron chi connectivity index (χ1n) is 6.47. The zero-order chi connectivity index (χ0) is 14.8. The molecule has 2 unspecified atom stereocenters. The van der Waals surface area contributed by atoms with E-state index in [1.54, 1.807) is 6.07 Å². The van der Waals surface area contributed by atoms with Gasteiger partial charge >= 0.3 is 0 Å². The molecule has 1 fully saturated rings. The summed E-state index contributed by atoms with van der Waals surface area (Å²) in [5.41, 5.74) is 0.613. The van der Waals surface area contributed by atoms with Crippen LogP contribution in [0.4, 0.5) is 4.39 Å². The molecule has 2 atom stereocenters. The fourth-order valence-electron chi connectivity index (χ4n) is 2.22. The second-order valence-electron chi connectivity index (χ2n) is 4.81. The maximum atomic E-state index is 13.4. The summed E-state index contributed by atoms with van der Waals surface area (Å²) >= 11 is 3.22. The van der Waals surface area contributed by atoms with Gasteiger partial charge in [0.25, 0.3) is 0 Å². The van der Waals surface area contributed by atoms with E-state index in [-0.39, 0.29) is 6.61 Å². The third-order valence-corrected chi connectivity index (χ3v) is 5.65. The van der Waals surface area contributed by atoms with Gasteiger partial charge in [-0.05, 0) is 36.6 Å². The van der Waals surface area contributed by atoms with Crippen LogP contribution in [0.1, 0.15) is 31.4 Å². The summed E-state index contributed by atoms with van der Waals surface area (Å²) in [6.45, 7) is 2.55. The van der Waals surface area contributed by atoms with Crippen LogP contribution >= 0.6 is 15.9 Å². The quantitative estimate of drug-likeness (QED) is 0.872. The number of hydrogen-bond acceptors (Lipinski definition) is 3. The molecule has 2 rings (SSSR count). The number of hydrogen-bond donors (Lipinski definition) is 1. The van der Waals surface area contributed by atoms with Crippen LogP contribution in [0.15, 0.2) is 22.7 Å². The van der Waals surface area contributed by atoms with Crippen molar-refractivity contribution in [1.29, 1.82) is 0 Å². The first kappa shape index (κ1) is 15.9. The summed E-state index contributed by atoms with van der Waals surface area (Å²) in [6.07, 6.45) is 1.04. The van der Waals surface area contributed by atoms with Crippen LogP contribution in [0.5, 0.6) is 0 Å². The molecule has 1 heterocycles. The van der Waals surface area contributed by atoms with Gasteiger partial charge in [-0.2, -0.15) is 0 Å². The van der Waals surface area contributed by atoms with Gasteiger partial charge in [0.15, 0.2) is 0 Å². The van der Waals surface area contributed by atoms with Gasteiger partial charge < -0.3 is 4.74 Å². The van der Waals surface area contributed by atoms with Crippen LogP contribution in [-0.4, -0.2) is 26.9 Å². The van der Waals surface area contributed by atoms with E-state index in [0.717, 1.165) is 0 Å². The smallest absolute Gasteiger partial charge is 0.217 e. The Kier molecular flexibility index (Phi) is 5.17. The van der Waals surface area contributed by atoms with Crippen molar-refractivity contribution in [2.45, 2.75) is 31.1 Å². The van der Waals surface area contributed by atoms with E-state index < -0.39 is 27.1 Å². The summed E-state index contributed by atoms with van der Waals surface area (Å²) in [7, 11) is -3.46. The van der Waals surface area contributed by atoms with Gasteiger partial charge in [0.2, 0.25) is 10.0 Å². The Labute approximate surface area is 126 Å². The Hall–Kier alpha value is -0.500. The first-order valence-corrected chi connectivity index (χ1v) is 8.81. The molecule has 0 radical (unpaired) electrons.